The normalized spacial score (nSPS) is 10.1. The van der Waals surface area contributed by atoms with Gasteiger partial charge in [0.2, 0.25) is 0 Å². The second kappa shape index (κ2) is 7.31. The van der Waals surface area contributed by atoms with Crippen molar-refractivity contribution in [2.24, 2.45) is 0 Å². The van der Waals surface area contributed by atoms with Crippen molar-refractivity contribution in [1.29, 1.82) is 0 Å². The summed E-state index contributed by atoms with van der Waals surface area (Å²) in [7, 11) is 0. The number of nitrogens with zero attached hydrogens (tertiary/aromatic N) is 1. The zero-order valence-electron chi connectivity index (χ0n) is 12.7. The number of carbonyl (C=O) groups excluding carboxylic acids is 2. The van der Waals surface area contributed by atoms with E-state index in [9.17, 15) is 19.8 Å². The molecule has 23 heavy (non-hydrogen) atoms. The van der Waals surface area contributed by atoms with Crippen LogP contribution in [0.25, 0.3) is 0 Å². The minimum absolute atomic E-state index is 0.0622. The molecule has 0 fully saturated rings. The molecule has 0 unspecified atom stereocenters. The Bertz CT molecular complexity index is 681. The Morgan fingerprint density at radius 1 is 0.913 bits per heavy atom. The van der Waals surface area contributed by atoms with Crippen molar-refractivity contribution in [3.8, 4) is 11.5 Å². The summed E-state index contributed by atoms with van der Waals surface area (Å²) in [5.41, 5.74) is 3.27. The molecule has 2 aromatic carbocycles. The first-order valence-corrected chi connectivity index (χ1v) is 7.22. The molecule has 2 amide bonds. The predicted octanol–water partition coefficient (Wildman–Crippen LogP) is 2.29. The van der Waals surface area contributed by atoms with Gasteiger partial charge in [0.05, 0.1) is 0 Å². The lowest BCUT2D eigenvalue weighted by Crippen LogP contribution is -2.46. The van der Waals surface area contributed by atoms with E-state index in [1.165, 1.54) is 53.5 Å². The number of amides is 2. The molecule has 0 radical (unpaired) electrons. The second-order valence-corrected chi connectivity index (χ2v) is 4.99. The van der Waals surface area contributed by atoms with Gasteiger partial charge in [0, 0.05) is 17.7 Å². The molecule has 2 aromatic rings. The van der Waals surface area contributed by atoms with Gasteiger partial charge in [-0.3, -0.25) is 15.0 Å². The van der Waals surface area contributed by atoms with Crippen LogP contribution in [0.3, 0.4) is 0 Å². The maximum atomic E-state index is 12.5. The molecule has 3 N–H and O–H groups in total. The third kappa shape index (κ3) is 4.23. The molecule has 0 heterocycles. The van der Waals surface area contributed by atoms with Crippen molar-refractivity contribution in [1.82, 2.24) is 10.4 Å². The van der Waals surface area contributed by atoms with Crippen LogP contribution in [0.15, 0.2) is 48.5 Å². The van der Waals surface area contributed by atoms with Crippen LogP contribution in [-0.4, -0.2) is 33.6 Å². The summed E-state index contributed by atoms with van der Waals surface area (Å²) in [6, 6.07) is 11.6. The quantitative estimate of drug-likeness (QED) is 0.755. The standard InChI is InChI=1S/C17H18N2O4/c1-2-11-19(17(23)13-5-9-15(21)10-6-13)18-16(22)12-3-7-14(20)8-4-12/h3-10,20-21H,2,11H2,1H3,(H,18,22). The van der Waals surface area contributed by atoms with Crippen molar-refractivity contribution in [2.45, 2.75) is 13.3 Å². The fraction of sp³-hybridized carbons (Fsp3) is 0.176. The van der Waals surface area contributed by atoms with Gasteiger partial charge in [-0.05, 0) is 55.0 Å². The van der Waals surface area contributed by atoms with Crippen LogP contribution in [0.1, 0.15) is 34.1 Å². The van der Waals surface area contributed by atoms with E-state index in [0.29, 0.717) is 24.1 Å². The van der Waals surface area contributed by atoms with Gasteiger partial charge in [0.15, 0.2) is 0 Å². The summed E-state index contributed by atoms with van der Waals surface area (Å²) in [4.78, 5) is 24.7. The Morgan fingerprint density at radius 2 is 1.39 bits per heavy atom. The van der Waals surface area contributed by atoms with E-state index in [2.05, 4.69) is 5.43 Å². The highest BCUT2D eigenvalue weighted by Crippen LogP contribution is 2.13. The number of phenols is 2. The number of benzene rings is 2. The average Bonchev–Trinajstić information content (AvgIpc) is 2.55. The highest BCUT2D eigenvalue weighted by atomic mass is 16.3. The highest BCUT2D eigenvalue weighted by Gasteiger charge is 2.18. The predicted molar refractivity (Wildman–Crippen MR) is 85.0 cm³/mol. The lowest BCUT2D eigenvalue weighted by atomic mass is 10.2. The minimum Gasteiger partial charge on any atom is -0.508 e. The number of hydrazine groups is 1. The molecule has 120 valence electrons. The Balaban J connectivity index is 2.14. The van der Waals surface area contributed by atoms with E-state index >= 15 is 0 Å². The van der Waals surface area contributed by atoms with Crippen LogP contribution in [0.5, 0.6) is 11.5 Å². The number of hydrogen-bond donors (Lipinski definition) is 3. The maximum absolute atomic E-state index is 12.5. The van der Waals surface area contributed by atoms with Crippen molar-refractivity contribution in [3.05, 3.63) is 59.7 Å². The second-order valence-electron chi connectivity index (χ2n) is 4.99. The van der Waals surface area contributed by atoms with E-state index in [1.807, 2.05) is 6.92 Å². The number of phenolic OH excluding ortho intramolecular Hbond substituents is 2. The Kier molecular flexibility index (Phi) is 5.19. The maximum Gasteiger partial charge on any atom is 0.272 e. The van der Waals surface area contributed by atoms with E-state index in [1.54, 1.807) is 0 Å². The van der Waals surface area contributed by atoms with E-state index in [4.69, 9.17) is 0 Å². The molecule has 0 aliphatic rings. The number of nitrogens with one attached hydrogen (secondary N) is 1. The zero-order valence-corrected chi connectivity index (χ0v) is 12.7. The van der Waals surface area contributed by atoms with Crippen molar-refractivity contribution in [3.63, 3.8) is 0 Å². The summed E-state index contributed by atoms with van der Waals surface area (Å²) in [5, 5.41) is 19.8. The molecular formula is C17H18N2O4. The van der Waals surface area contributed by atoms with Crippen LogP contribution < -0.4 is 5.43 Å². The molecule has 0 saturated carbocycles. The van der Waals surface area contributed by atoms with Crippen LogP contribution >= 0.6 is 0 Å². The van der Waals surface area contributed by atoms with E-state index in [0.717, 1.165) is 0 Å². The lowest BCUT2D eigenvalue weighted by molar-refractivity contribution is 0.0583. The smallest absolute Gasteiger partial charge is 0.272 e. The Labute approximate surface area is 134 Å². The minimum atomic E-state index is -0.439. The first-order chi connectivity index (χ1) is 11.0. The SMILES string of the molecule is CCCN(NC(=O)c1ccc(O)cc1)C(=O)c1ccc(O)cc1. The monoisotopic (exact) mass is 314 g/mol. The molecule has 6 heteroatoms. The van der Waals surface area contributed by atoms with E-state index < -0.39 is 5.91 Å². The summed E-state index contributed by atoms with van der Waals surface area (Å²) in [6.07, 6.45) is 0.666. The van der Waals surface area contributed by atoms with Crippen LogP contribution in [0, 0.1) is 0 Å². The summed E-state index contributed by atoms with van der Waals surface area (Å²) >= 11 is 0. The Morgan fingerprint density at radius 3 is 1.87 bits per heavy atom. The van der Waals surface area contributed by atoms with Gasteiger partial charge in [0.1, 0.15) is 11.5 Å². The van der Waals surface area contributed by atoms with Crippen LogP contribution in [0.2, 0.25) is 0 Å². The molecule has 0 bridgehead atoms. The van der Waals surface area contributed by atoms with Gasteiger partial charge >= 0.3 is 0 Å². The number of aromatic hydroxyl groups is 2. The van der Waals surface area contributed by atoms with Crippen LogP contribution in [0.4, 0.5) is 0 Å². The van der Waals surface area contributed by atoms with Gasteiger partial charge in [0.25, 0.3) is 11.8 Å². The fourth-order valence-electron chi connectivity index (χ4n) is 1.99. The van der Waals surface area contributed by atoms with Gasteiger partial charge < -0.3 is 10.2 Å². The zero-order chi connectivity index (χ0) is 16.8. The largest absolute Gasteiger partial charge is 0.508 e. The highest BCUT2D eigenvalue weighted by molar-refractivity contribution is 5.99. The van der Waals surface area contributed by atoms with Crippen molar-refractivity contribution >= 4 is 11.8 Å². The lowest BCUT2D eigenvalue weighted by Gasteiger charge is -2.23. The summed E-state index contributed by atoms with van der Waals surface area (Å²) in [5.74, 6) is -0.673. The fourth-order valence-corrected chi connectivity index (χ4v) is 1.99. The van der Waals surface area contributed by atoms with Crippen molar-refractivity contribution < 1.29 is 19.8 Å². The molecule has 0 saturated heterocycles. The van der Waals surface area contributed by atoms with E-state index in [-0.39, 0.29) is 17.4 Å². The summed E-state index contributed by atoms with van der Waals surface area (Å²) < 4.78 is 0. The molecule has 0 aromatic heterocycles. The molecular weight excluding hydrogens is 296 g/mol. The van der Waals surface area contributed by atoms with Gasteiger partial charge in [-0.15, -0.1) is 0 Å². The molecule has 0 atom stereocenters. The van der Waals surface area contributed by atoms with Crippen molar-refractivity contribution in [2.75, 3.05) is 6.54 Å². The first-order valence-electron chi connectivity index (χ1n) is 7.22. The third-order valence-electron chi connectivity index (χ3n) is 3.17. The van der Waals surface area contributed by atoms with Crippen LogP contribution in [-0.2, 0) is 0 Å². The number of hydrogen-bond acceptors (Lipinski definition) is 4. The molecule has 6 nitrogen and oxygen atoms in total. The average molecular weight is 314 g/mol. The number of carbonyl (C=O) groups is 2. The number of rotatable bonds is 4. The molecule has 0 aliphatic carbocycles. The van der Waals surface area contributed by atoms with Gasteiger partial charge in [-0.25, -0.2) is 5.01 Å². The van der Waals surface area contributed by atoms with Gasteiger partial charge in [-0.1, -0.05) is 6.92 Å². The topological polar surface area (TPSA) is 89.9 Å². The third-order valence-corrected chi connectivity index (χ3v) is 3.17. The first kappa shape index (κ1) is 16.4. The molecule has 0 aliphatic heterocycles. The van der Waals surface area contributed by atoms with Gasteiger partial charge in [-0.2, -0.15) is 0 Å². The Hall–Kier alpha value is -3.02. The molecule has 2 rings (SSSR count). The summed E-state index contributed by atoms with van der Waals surface area (Å²) in [6.45, 7) is 2.24. The molecule has 0 spiro atoms.